The first-order valence-electron chi connectivity index (χ1n) is 5.53. The van der Waals surface area contributed by atoms with Gasteiger partial charge in [0.15, 0.2) is 0 Å². The molecule has 1 fully saturated rings. The van der Waals surface area contributed by atoms with Crippen LogP contribution in [0.15, 0.2) is 30.3 Å². The maximum atomic E-state index is 12.3. The van der Waals surface area contributed by atoms with Gasteiger partial charge in [-0.3, -0.25) is 0 Å². The average Bonchev–Trinajstić information content (AvgIpc) is 2.65. The molecule has 1 unspecified atom stereocenters. The Hall–Kier alpha value is -0.965. The van der Waals surface area contributed by atoms with Crippen LogP contribution in [0.3, 0.4) is 0 Å². The summed E-state index contributed by atoms with van der Waals surface area (Å²) in [6.45, 7) is -3.60. The summed E-state index contributed by atoms with van der Waals surface area (Å²) in [6, 6.07) is 9.78. The van der Waals surface area contributed by atoms with Crippen molar-refractivity contribution in [2.45, 2.75) is 12.3 Å². The Morgan fingerprint density at radius 1 is 1.19 bits per heavy atom. The maximum absolute atomic E-state index is 12.3. The molecule has 0 aliphatic carbocycles. The molecule has 0 radical (unpaired) electrons. The van der Waals surface area contributed by atoms with Crippen molar-refractivity contribution in [1.82, 2.24) is 4.90 Å². The molecule has 0 amide bonds. The molecule has 16 heavy (non-hydrogen) atoms. The van der Waals surface area contributed by atoms with Crippen LogP contribution in [0, 0.1) is 0 Å². The lowest BCUT2D eigenvalue weighted by Gasteiger charge is -2.23. The molecule has 2 rings (SSSR count). The average molecular weight is 228 g/mol. The van der Waals surface area contributed by atoms with E-state index in [-0.39, 0.29) is 5.92 Å². The normalized spacial score (nSPS) is 22.6. The van der Waals surface area contributed by atoms with E-state index in [1.165, 1.54) is 4.90 Å². The molecule has 1 nitrogen and oxygen atoms in total. The van der Waals surface area contributed by atoms with Gasteiger partial charge in [0, 0.05) is 6.54 Å². The van der Waals surface area contributed by atoms with Crippen molar-refractivity contribution >= 4 is 6.98 Å². The lowest BCUT2D eigenvalue weighted by molar-refractivity contribution is 0.328. The largest absolute Gasteiger partial charge is 0.492 e. The molecular weight excluding hydrogens is 214 g/mol. The third kappa shape index (κ3) is 3.01. The Morgan fingerprint density at radius 3 is 2.50 bits per heavy atom. The highest BCUT2D eigenvalue weighted by molar-refractivity contribution is 6.58. The van der Waals surface area contributed by atoms with Crippen LogP contribution in [0.1, 0.15) is 17.9 Å². The molecule has 5 heteroatoms. The van der Waals surface area contributed by atoms with Crippen molar-refractivity contribution < 1.29 is 12.9 Å². The van der Waals surface area contributed by atoms with Crippen LogP contribution in [-0.2, 0) is 0 Å². The van der Waals surface area contributed by atoms with Gasteiger partial charge in [-0.05, 0) is 30.9 Å². The molecule has 1 atom stereocenters. The molecule has 1 aliphatic heterocycles. The summed E-state index contributed by atoms with van der Waals surface area (Å²) < 4.78 is 36.8. The summed E-state index contributed by atoms with van der Waals surface area (Å²) in [5, 5.41) is 0. The van der Waals surface area contributed by atoms with Crippen molar-refractivity contribution in [2.24, 2.45) is 0 Å². The highest BCUT2D eigenvalue weighted by Gasteiger charge is 2.31. The lowest BCUT2D eigenvalue weighted by atomic mass is 9.91. The summed E-state index contributed by atoms with van der Waals surface area (Å²) in [5.41, 5.74) is 1.15. The van der Waals surface area contributed by atoms with Crippen LogP contribution in [0.5, 0.6) is 0 Å². The molecule has 1 aromatic rings. The minimum Gasteiger partial charge on any atom is -0.448 e. The molecule has 1 aliphatic rings. The monoisotopic (exact) mass is 228 g/mol. The van der Waals surface area contributed by atoms with Gasteiger partial charge in [-0.2, -0.15) is 0 Å². The van der Waals surface area contributed by atoms with Crippen LogP contribution >= 0.6 is 0 Å². The standard InChI is InChI=1S/C11H14BF3N/c13-12(14,15)9-16-7-6-11(8-16)10-4-2-1-3-5-10/h1-5,11H,6-9H2/q-1. The van der Waals surface area contributed by atoms with Gasteiger partial charge in [0.25, 0.3) is 0 Å². The van der Waals surface area contributed by atoms with E-state index in [2.05, 4.69) is 0 Å². The topological polar surface area (TPSA) is 3.24 Å². The summed E-state index contributed by atoms with van der Waals surface area (Å²) >= 11 is 0. The van der Waals surface area contributed by atoms with Crippen molar-refractivity contribution in [3.63, 3.8) is 0 Å². The number of halogens is 3. The fourth-order valence-corrected chi connectivity index (χ4v) is 2.29. The van der Waals surface area contributed by atoms with Gasteiger partial charge in [0.2, 0.25) is 0 Å². The van der Waals surface area contributed by atoms with Gasteiger partial charge < -0.3 is 17.8 Å². The van der Waals surface area contributed by atoms with Crippen LogP contribution in [0.25, 0.3) is 0 Å². The molecule has 1 aromatic carbocycles. The van der Waals surface area contributed by atoms with Gasteiger partial charge in [-0.25, -0.2) is 0 Å². The van der Waals surface area contributed by atoms with Crippen LogP contribution in [0.2, 0.25) is 0 Å². The van der Waals surface area contributed by atoms with Crippen molar-refractivity contribution in [2.75, 3.05) is 19.5 Å². The Morgan fingerprint density at radius 2 is 1.88 bits per heavy atom. The number of rotatable bonds is 3. The van der Waals surface area contributed by atoms with E-state index >= 15 is 0 Å². The van der Waals surface area contributed by atoms with E-state index in [0.29, 0.717) is 13.1 Å². The Kier molecular flexibility index (Phi) is 3.24. The number of likely N-dealkylation sites (tertiary alicyclic amines) is 1. The number of hydrogen-bond acceptors (Lipinski definition) is 1. The summed E-state index contributed by atoms with van der Waals surface area (Å²) in [7, 11) is 0. The minimum absolute atomic E-state index is 0.263. The quantitative estimate of drug-likeness (QED) is 0.719. The summed E-state index contributed by atoms with van der Waals surface area (Å²) in [5.74, 6) is 0.263. The molecule has 0 aromatic heterocycles. The van der Waals surface area contributed by atoms with Crippen LogP contribution in [0.4, 0.5) is 12.9 Å². The zero-order chi connectivity index (χ0) is 11.6. The third-order valence-electron chi connectivity index (χ3n) is 3.01. The van der Waals surface area contributed by atoms with Crippen LogP contribution in [-0.4, -0.2) is 31.4 Å². The van der Waals surface area contributed by atoms with E-state index < -0.39 is 13.4 Å². The van der Waals surface area contributed by atoms with Gasteiger partial charge in [0.05, 0.1) is 0 Å². The molecule has 88 valence electrons. The second-order valence-corrected chi connectivity index (χ2v) is 4.37. The predicted molar refractivity (Wildman–Crippen MR) is 59.3 cm³/mol. The Labute approximate surface area is 93.3 Å². The fourth-order valence-electron chi connectivity index (χ4n) is 2.29. The second kappa shape index (κ2) is 4.49. The Bertz CT molecular complexity index is 339. The second-order valence-electron chi connectivity index (χ2n) is 4.37. The van der Waals surface area contributed by atoms with Crippen molar-refractivity contribution in [1.29, 1.82) is 0 Å². The summed E-state index contributed by atoms with van der Waals surface area (Å²) in [6.07, 6.45) is 0.111. The van der Waals surface area contributed by atoms with E-state index in [4.69, 9.17) is 0 Å². The highest BCUT2D eigenvalue weighted by Crippen LogP contribution is 2.28. The van der Waals surface area contributed by atoms with E-state index in [1.807, 2.05) is 30.3 Å². The van der Waals surface area contributed by atoms with Gasteiger partial charge in [-0.15, -0.1) is 0 Å². The zero-order valence-electron chi connectivity index (χ0n) is 8.95. The minimum atomic E-state index is -4.68. The van der Waals surface area contributed by atoms with Crippen molar-refractivity contribution in [3.05, 3.63) is 35.9 Å². The zero-order valence-corrected chi connectivity index (χ0v) is 8.95. The molecule has 1 heterocycles. The van der Waals surface area contributed by atoms with Gasteiger partial charge in [0.1, 0.15) is 0 Å². The third-order valence-corrected chi connectivity index (χ3v) is 3.01. The maximum Gasteiger partial charge on any atom is 0.492 e. The number of benzene rings is 1. The lowest BCUT2D eigenvalue weighted by Crippen LogP contribution is -2.36. The molecule has 0 N–H and O–H groups in total. The first-order valence-corrected chi connectivity index (χ1v) is 5.53. The molecular formula is C11H14BF3N-. The SMILES string of the molecule is F[B-](F)(F)CN1CCC(c2ccccc2)C1. The molecule has 0 spiro atoms. The van der Waals surface area contributed by atoms with Crippen molar-refractivity contribution in [3.8, 4) is 0 Å². The first-order chi connectivity index (χ1) is 7.54. The summed E-state index contributed by atoms with van der Waals surface area (Å²) in [4.78, 5) is 1.51. The van der Waals surface area contributed by atoms with E-state index in [9.17, 15) is 12.9 Å². The highest BCUT2D eigenvalue weighted by atomic mass is 19.4. The van der Waals surface area contributed by atoms with E-state index in [1.54, 1.807) is 0 Å². The molecule has 0 saturated carbocycles. The number of hydrogen-bond donors (Lipinski definition) is 0. The van der Waals surface area contributed by atoms with Crippen LogP contribution < -0.4 is 0 Å². The van der Waals surface area contributed by atoms with E-state index in [0.717, 1.165) is 12.0 Å². The molecule has 1 saturated heterocycles. The predicted octanol–water partition coefficient (Wildman–Crippen LogP) is 2.86. The fraction of sp³-hybridized carbons (Fsp3) is 0.455. The number of nitrogens with zero attached hydrogens (tertiary/aromatic N) is 1. The smallest absolute Gasteiger partial charge is 0.448 e. The molecule has 0 bridgehead atoms. The first kappa shape index (κ1) is 11.5. The van der Waals surface area contributed by atoms with Gasteiger partial charge in [-0.1, -0.05) is 30.3 Å². The Balaban J connectivity index is 1.94. The van der Waals surface area contributed by atoms with Gasteiger partial charge >= 0.3 is 6.98 Å².